The third-order valence-electron chi connectivity index (χ3n) is 2.69. The molecule has 1 N–H and O–H groups in total. The van der Waals surface area contributed by atoms with Crippen molar-refractivity contribution in [3.8, 4) is 0 Å². The van der Waals surface area contributed by atoms with Crippen LogP contribution in [0.25, 0.3) is 0 Å². The zero-order valence-electron chi connectivity index (χ0n) is 5.21. The molecule has 0 aromatic heterocycles. The molecule has 0 saturated heterocycles. The number of rotatable bonds is 1. The molecule has 0 amide bonds. The molecule has 0 bridgehead atoms. The average molecular weight is 126 g/mol. The lowest BCUT2D eigenvalue weighted by molar-refractivity contribution is -0.139. The van der Waals surface area contributed by atoms with Crippen LogP contribution in [0.3, 0.4) is 0 Å². The number of carbonyl (C=O) groups is 1. The third-order valence-corrected chi connectivity index (χ3v) is 2.69. The molecule has 2 fully saturated rings. The van der Waals surface area contributed by atoms with E-state index < -0.39 is 5.97 Å². The van der Waals surface area contributed by atoms with E-state index in [0.29, 0.717) is 11.8 Å². The van der Waals surface area contributed by atoms with Crippen LogP contribution in [-0.4, -0.2) is 11.1 Å². The average Bonchev–Trinajstić information content (AvgIpc) is 2.30. The highest BCUT2D eigenvalue weighted by molar-refractivity contribution is 5.74. The number of fused-ring (bicyclic) bond motifs is 1. The minimum atomic E-state index is -0.565. The molecule has 0 aromatic rings. The van der Waals surface area contributed by atoms with E-state index in [-0.39, 0.29) is 5.92 Å². The Morgan fingerprint density at radius 2 is 1.89 bits per heavy atom. The van der Waals surface area contributed by atoms with E-state index in [4.69, 9.17) is 5.11 Å². The summed E-state index contributed by atoms with van der Waals surface area (Å²) in [7, 11) is 0. The van der Waals surface area contributed by atoms with Gasteiger partial charge in [0.1, 0.15) is 0 Å². The SMILES string of the molecule is O=C(O)[C@H]1[C@@H]2CCC[C@@H]21. The molecule has 0 spiro atoms. The largest absolute Gasteiger partial charge is 0.481 e. The second kappa shape index (κ2) is 1.49. The van der Waals surface area contributed by atoms with Crippen LogP contribution >= 0.6 is 0 Å². The van der Waals surface area contributed by atoms with Gasteiger partial charge in [-0.15, -0.1) is 0 Å². The molecular formula is C7H10O2. The number of carboxylic acids is 1. The zero-order chi connectivity index (χ0) is 6.43. The van der Waals surface area contributed by atoms with E-state index in [1.165, 1.54) is 19.3 Å². The molecule has 9 heavy (non-hydrogen) atoms. The van der Waals surface area contributed by atoms with Crippen LogP contribution in [0.1, 0.15) is 19.3 Å². The van der Waals surface area contributed by atoms with Crippen LogP contribution in [0.4, 0.5) is 0 Å². The first-order valence-electron chi connectivity index (χ1n) is 3.53. The van der Waals surface area contributed by atoms with E-state index >= 15 is 0 Å². The summed E-state index contributed by atoms with van der Waals surface area (Å²) >= 11 is 0. The molecule has 0 aromatic carbocycles. The van der Waals surface area contributed by atoms with Gasteiger partial charge in [-0.2, -0.15) is 0 Å². The topological polar surface area (TPSA) is 37.3 Å². The van der Waals surface area contributed by atoms with Gasteiger partial charge >= 0.3 is 5.97 Å². The first kappa shape index (κ1) is 5.27. The number of hydrogen-bond acceptors (Lipinski definition) is 1. The quantitative estimate of drug-likeness (QED) is 0.571. The Bertz CT molecular complexity index is 143. The molecule has 2 aliphatic rings. The van der Waals surface area contributed by atoms with Gasteiger partial charge in [0.15, 0.2) is 0 Å². The minimum Gasteiger partial charge on any atom is -0.481 e. The minimum absolute atomic E-state index is 0.0544. The summed E-state index contributed by atoms with van der Waals surface area (Å²) in [5.41, 5.74) is 0. The van der Waals surface area contributed by atoms with E-state index in [0.717, 1.165) is 0 Å². The Morgan fingerprint density at radius 3 is 2.22 bits per heavy atom. The first-order chi connectivity index (χ1) is 4.30. The van der Waals surface area contributed by atoms with E-state index in [9.17, 15) is 4.79 Å². The maximum absolute atomic E-state index is 10.4. The van der Waals surface area contributed by atoms with Gasteiger partial charge in [0.05, 0.1) is 5.92 Å². The lowest BCUT2D eigenvalue weighted by atomic mass is 10.1. The van der Waals surface area contributed by atoms with Crippen LogP contribution < -0.4 is 0 Å². The van der Waals surface area contributed by atoms with Gasteiger partial charge in [-0.25, -0.2) is 0 Å². The molecule has 2 heteroatoms. The van der Waals surface area contributed by atoms with Crippen LogP contribution in [0, 0.1) is 17.8 Å². The molecule has 2 aliphatic carbocycles. The molecule has 2 saturated carbocycles. The summed E-state index contributed by atoms with van der Waals surface area (Å²) in [5.74, 6) is 0.633. The molecule has 2 nitrogen and oxygen atoms in total. The van der Waals surface area contributed by atoms with Gasteiger partial charge < -0.3 is 5.11 Å². The highest BCUT2D eigenvalue weighted by Crippen LogP contribution is 2.57. The van der Waals surface area contributed by atoms with Gasteiger partial charge in [0.2, 0.25) is 0 Å². The Labute approximate surface area is 53.9 Å². The number of hydrogen-bond donors (Lipinski definition) is 1. The number of carboxylic acid groups (broad SMARTS) is 1. The Kier molecular flexibility index (Phi) is 0.875. The maximum atomic E-state index is 10.4. The predicted molar refractivity (Wildman–Crippen MR) is 32.0 cm³/mol. The third kappa shape index (κ3) is 0.590. The first-order valence-corrected chi connectivity index (χ1v) is 3.53. The van der Waals surface area contributed by atoms with Crippen molar-refractivity contribution in [3.05, 3.63) is 0 Å². The predicted octanol–water partition coefficient (Wildman–Crippen LogP) is 1.12. The molecule has 0 aliphatic heterocycles. The van der Waals surface area contributed by atoms with E-state index in [2.05, 4.69) is 0 Å². The van der Waals surface area contributed by atoms with Crippen molar-refractivity contribution >= 4 is 5.97 Å². The Morgan fingerprint density at radius 1 is 1.33 bits per heavy atom. The Balaban J connectivity index is 2.02. The van der Waals surface area contributed by atoms with Crippen molar-refractivity contribution in [1.29, 1.82) is 0 Å². The van der Waals surface area contributed by atoms with Crippen molar-refractivity contribution in [2.45, 2.75) is 19.3 Å². The fourth-order valence-electron chi connectivity index (χ4n) is 2.19. The lowest BCUT2D eigenvalue weighted by Gasteiger charge is -1.93. The molecule has 0 radical (unpaired) electrons. The lowest BCUT2D eigenvalue weighted by Crippen LogP contribution is -2.02. The standard InChI is InChI=1S/C7H10O2/c8-7(9)6-4-2-1-3-5(4)6/h4-6H,1-3H2,(H,8,9)/t4-,5+,6+. The summed E-state index contributed by atoms with van der Waals surface area (Å²) < 4.78 is 0. The summed E-state index contributed by atoms with van der Waals surface area (Å²) in [6.07, 6.45) is 3.60. The zero-order valence-corrected chi connectivity index (χ0v) is 5.21. The van der Waals surface area contributed by atoms with Crippen molar-refractivity contribution < 1.29 is 9.90 Å². The van der Waals surface area contributed by atoms with E-state index in [1.54, 1.807) is 0 Å². The van der Waals surface area contributed by atoms with Gasteiger partial charge in [-0.05, 0) is 24.7 Å². The van der Waals surface area contributed by atoms with Crippen molar-refractivity contribution in [3.63, 3.8) is 0 Å². The maximum Gasteiger partial charge on any atom is 0.307 e. The monoisotopic (exact) mass is 126 g/mol. The summed E-state index contributed by atoms with van der Waals surface area (Å²) in [6.45, 7) is 0. The molecule has 0 heterocycles. The second-order valence-corrected chi connectivity index (χ2v) is 3.12. The van der Waals surface area contributed by atoms with Gasteiger partial charge in [-0.3, -0.25) is 4.79 Å². The molecular weight excluding hydrogens is 116 g/mol. The van der Waals surface area contributed by atoms with E-state index in [1.807, 2.05) is 0 Å². The van der Waals surface area contributed by atoms with Crippen molar-refractivity contribution in [2.75, 3.05) is 0 Å². The van der Waals surface area contributed by atoms with Crippen molar-refractivity contribution in [2.24, 2.45) is 17.8 Å². The number of aliphatic carboxylic acids is 1. The van der Waals surface area contributed by atoms with Gasteiger partial charge in [0, 0.05) is 0 Å². The fourth-order valence-corrected chi connectivity index (χ4v) is 2.19. The Hall–Kier alpha value is -0.530. The second-order valence-electron chi connectivity index (χ2n) is 3.12. The van der Waals surface area contributed by atoms with Crippen LogP contribution in [0.5, 0.6) is 0 Å². The fraction of sp³-hybridized carbons (Fsp3) is 0.857. The normalized spacial score (nSPS) is 46.4. The molecule has 50 valence electrons. The van der Waals surface area contributed by atoms with Crippen LogP contribution in [0.2, 0.25) is 0 Å². The highest BCUT2D eigenvalue weighted by atomic mass is 16.4. The van der Waals surface area contributed by atoms with Crippen molar-refractivity contribution in [1.82, 2.24) is 0 Å². The summed E-state index contributed by atoms with van der Waals surface area (Å²) in [6, 6.07) is 0. The smallest absolute Gasteiger partial charge is 0.307 e. The van der Waals surface area contributed by atoms with Crippen LogP contribution in [0.15, 0.2) is 0 Å². The van der Waals surface area contributed by atoms with Gasteiger partial charge in [-0.1, -0.05) is 6.42 Å². The molecule has 2 rings (SSSR count). The summed E-state index contributed by atoms with van der Waals surface area (Å²) in [5, 5.41) is 8.56. The molecule has 0 unspecified atom stereocenters. The summed E-state index contributed by atoms with van der Waals surface area (Å²) in [4.78, 5) is 10.4. The highest BCUT2D eigenvalue weighted by Gasteiger charge is 2.56. The van der Waals surface area contributed by atoms with Crippen LogP contribution in [-0.2, 0) is 4.79 Å². The molecule has 3 atom stereocenters. The van der Waals surface area contributed by atoms with Gasteiger partial charge in [0.25, 0.3) is 0 Å².